The topological polar surface area (TPSA) is 107 Å². The van der Waals surface area contributed by atoms with Crippen molar-refractivity contribution in [2.75, 3.05) is 12.4 Å². The SMILES string of the molecule is COCc1nnc(NC(=O)CCc2c(C)nn3cnnc3c2C)s1. The number of aromatic nitrogens is 6. The molecule has 126 valence electrons. The van der Waals surface area contributed by atoms with Crippen LogP contribution in [0.2, 0.25) is 0 Å². The minimum atomic E-state index is -0.116. The van der Waals surface area contributed by atoms with Gasteiger partial charge in [-0.05, 0) is 25.8 Å². The van der Waals surface area contributed by atoms with Gasteiger partial charge in [0.1, 0.15) is 17.9 Å². The van der Waals surface area contributed by atoms with E-state index in [1.807, 2.05) is 13.8 Å². The average Bonchev–Trinajstić information content (AvgIpc) is 3.17. The van der Waals surface area contributed by atoms with Gasteiger partial charge in [0.05, 0.1) is 5.69 Å². The summed E-state index contributed by atoms with van der Waals surface area (Å²) >= 11 is 1.30. The Kier molecular flexibility index (Phi) is 4.76. The maximum absolute atomic E-state index is 12.1. The highest BCUT2D eigenvalue weighted by atomic mass is 32.1. The number of anilines is 1. The molecule has 1 N–H and O–H groups in total. The van der Waals surface area contributed by atoms with Crippen LogP contribution in [0.25, 0.3) is 5.65 Å². The van der Waals surface area contributed by atoms with Crippen molar-refractivity contribution in [1.29, 1.82) is 0 Å². The highest BCUT2D eigenvalue weighted by molar-refractivity contribution is 7.15. The van der Waals surface area contributed by atoms with E-state index in [2.05, 4.69) is 30.8 Å². The Labute approximate surface area is 142 Å². The van der Waals surface area contributed by atoms with Gasteiger partial charge in [0, 0.05) is 19.1 Å². The number of nitrogens with one attached hydrogen (secondary N) is 1. The van der Waals surface area contributed by atoms with Crippen molar-refractivity contribution in [3.05, 3.63) is 28.2 Å². The zero-order valence-electron chi connectivity index (χ0n) is 13.6. The van der Waals surface area contributed by atoms with E-state index in [-0.39, 0.29) is 5.91 Å². The van der Waals surface area contributed by atoms with Gasteiger partial charge in [-0.3, -0.25) is 4.79 Å². The minimum absolute atomic E-state index is 0.116. The van der Waals surface area contributed by atoms with E-state index in [9.17, 15) is 4.79 Å². The third-order valence-corrected chi connectivity index (χ3v) is 4.41. The molecule has 0 aromatic carbocycles. The fourth-order valence-corrected chi connectivity index (χ4v) is 3.18. The number of aryl methyl sites for hydroxylation is 2. The number of ether oxygens (including phenoxy) is 1. The molecule has 24 heavy (non-hydrogen) atoms. The molecule has 0 fully saturated rings. The third kappa shape index (κ3) is 3.39. The van der Waals surface area contributed by atoms with Gasteiger partial charge in [0.25, 0.3) is 0 Å². The fourth-order valence-electron chi connectivity index (χ4n) is 2.45. The molecule has 3 aromatic rings. The Morgan fingerprint density at radius 3 is 2.96 bits per heavy atom. The second-order valence-electron chi connectivity index (χ2n) is 5.27. The molecule has 0 saturated carbocycles. The largest absolute Gasteiger partial charge is 0.377 e. The molecule has 0 spiro atoms. The lowest BCUT2D eigenvalue weighted by atomic mass is 10.0. The minimum Gasteiger partial charge on any atom is -0.377 e. The van der Waals surface area contributed by atoms with Crippen LogP contribution >= 0.6 is 11.3 Å². The smallest absolute Gasteiger partial charge is 0.226 e. The first-order valence-electron chi connectivity index (χ1n) is 7.35. The first kappa shape index (κ1) is 16.4. The molecule has 0 atom stereocenters. The summed E-state index contributed by atoms with van der Waals surface area (Å²) in [5, 5.41) is 24.1. The number of fused-ring (bicyclic) bond motifs is 1. The predicted molar refractivity (Wildman–Crippen MR) is 87.8 cm³/mol. The standard InChI is InChI=1S/C14H17N7O2S/c1-8-10(9(2)20-21-7-15-18-13(8)21)4-5-11(22)16-14-19-17-12(24-14)6-23-3/h7H,4-6H2,1-3H3,(H,16,19,22). The molecule has 0 unspecified atom stereocenters. The quantitative estimate of drug-likeness (QED) is 0.716. The van der Waals surface area contributed by atoms with Gasteiger partial charge < -0.3 is 10.1 Å². The highest BCUT2D eigenvalue weighted by Gasteiger charge is 2.14. The Morgan fingerprint density at radius 2 is 2.17 bits per heavy atom. The molecule has 9 nitrogen and oxygen atoms in total. The van der Waals surface area contributed by atoms with Gasteiger partial charge in [0.15, 0.2) is 5.65 Å². The number of rotatable bonds is 6. The van der Waals surface area contributed by atoms with E-state index in [1.54, 1.807) is 18.0 Å². The Balaban J connectivity index is 1.65. The maximum atomic E-state index is 12.1. The average molecular weight is 347 g/mol. The summed E-state index contributed by atoms with van der Waals surface area (Å²) in [6.07, 6.45) is 2.47. The van der Waals surface area contributed by atoms with Gasteiger partial charge in [0.2, 0.25) is 11.0 Å². The van der Waals surface area contributed by atoms with Crippen LogP contribution in [0.15, 0.2) is 6.33 Å². The van der Waals surface area contributed by atoms with Crippen LogP contribution in [0.3, 0.4) is 0 Å². The van der Waals surface area contributed by atoms with Crippen molar-refractivity contribution in [1.82, 2.24) is 30.0 Å². The molecule has 10 heteroatoms. The number of amides is 1. The van der Waals surface area contributed by atoms with Crippen molar-refractivity contribution < 1.29 is 9.53 Å². The molecule has 0 aliphatic heterocycles. The van der Waals surface area contributed by atoms with Gasteiger partial charge >= 0.3 is 0 Å². The normalized spacial score (nSPS) is 11.1. The van der Waals surface area contributed by atoms with Crippen LogP contribution in [-0.4, -0.2) is 43.0 Å². The van der Waals surface area contributed by atoms with Crippen molar-refractivity contribution >= 4 is 28.0 Å². The van der Waals surface area contributed by atoms with Crippen molar-refractivity contribution in [2.45, 2.75) is 33.3 Å². The van der Waals surface area contributed by atoms with Crippen molar-refractivity contribution in [3.63, 3.8) is 0 Å². The number of nitrogens with zero attached hydrogens (tertiary/aromatic N) is 6. The second kappa shape index (κ2) is 6.97. The summed E-state index contributed by atoms with van der Waals surface area (Å²) in [6, 6.07) is 0. The summed E-state index contributed by atoms with van der Waals surface area (Å²) in [4.78, 5) is 12.1. The Bertz CT molecular complexity index is 873. The number of carbonyl (C=O) groups is 1. The third-order valence-electron chi connectivity index (χ3n) is 3.60. The van der Waals surface area contributed by atoms with Crippen LogP contribution in [0.4, 0.5) is 5.13 Å². The zero-order valence-corrected chi connectivity index (χ0v) is 14.4. The fraction of sp³-hybridized carbons (Fsp3) is 0.429. The first-order chi connectivity index (χ1) is 11.6. The Morgan fingerprint density at radius 1 is 1.33 bits per heavy atom. The van der Waals surface area contributed by atoms with Crippen LogP contribution < -0.4 is 5.32 Å². The van der Waals surface area contributed by atoms with Crippen LogP contribution in [0.5, 0.6) is 0 Å². The van der Waals surface area contributed by atoms with E-state index >= 15 is 0 Å². The molecule has 0 radical (unpaired) electrons. The lowest BCUT2D eigenvalue weighted by Gasteiger charge is -2.09. The summed E-state index contributed by atoms with van der Waals surface area (Å²) in [5.41, 5.74) is 3.59. The van der Waals surface area contributed by atoms with Gasteiger partial charge in [-0.2, -0.15) is 5.10 Å². The number of methoxy groups -OCH3 is 1. The van der Waals surface area contributed by atoms with E-state index < -0.39 is 0 Å². The number of hydrogen-bond donors (Lipinski definition) is 1. The molecule has 0 aliphatic carbocycles. The van der Waals surface area contributed by atoms with Crippen LogP contribution in [0, 0.1) is 13.8 Å². The lowest BCUT2D eigenvalue weighted by Crippen LogP contribution is -2.13. The van der Waals surface area contributed by atoms with Crippen LogP contribution in [-0.2, 0) is 22.6 Å². The summed E-state index contributed by atoms with van der Waals surface area (Å²) in [7, 11) is 1.59. The molecular formula is C14H17N7O2S. The molecule has 0 saturated heterocycles. The molecule has 0 bridgehead atoms. The van der Waals surface area contributed by atoms with Gasteiger partial charge in [-0.25, -0.2) is 4.52 Å². The van der Waals surface area contributed by atoms with Gasteiger partial charge in [-0.15, -0.1) is 20.4 Å². The van der Waals surface area contributed by atoms with E-state index in [1.165, 1.54) is 11.3 Å². The van der Waals surface area contributed by atoms with Gasteiger partial charge in [-0.1, -0.05) is 11.3 Å². The van der Waals surface area contributed by atoms with E-state index in [0.717, 1.165) is 21.8 Å². The Hall–Kier alpha value is -2.46. The summed E-state index contributed by atoms with van der Waals surface area (Å²) in [6.45, 7) is 4.27. The predicted octanol–water partition coefficient (Wildman–Crippen LogP) is 1.31. The summed E-state index contributed by atoms with van der Waals surface area (Å²) < 4.78 is 6.63. The summed E-state index contributed by atoms with van der Waals surface area (Å²) in [5.74, 6) is -0.116. The molecule has 0 aliphatic rings. The highest BCUT2D eigenvalue weighted by Crippen LogP contribution is 2.19. The van der Waals surface area contributed by atoms with E-state index in [4.69, 9.17) is 4.74 Å². The monoisotopic (exact) mass is 347 g/mol. The van der Waals surface area contributed by atoms with Crippen LogP contribution in [0.1, 0.15) is 28.2 Å². The molecular weight excluding hydrogens is 330 g/mol. The molecule has 3 rings (SSSR count). The lowest BCUT2D eigenvalue weighted by molar-refractivity contribution is -0.116. The van der Waals surface area contributed by atoms with Crippen molar-refractivity contribution in [2.24, 2.45) is 0 Å². The maximum Gasteiger partial charge on any atom is 0.226 e. The molecule has 3 aromatic heterocycles. The molecule has 1 amide bonds. The van der Waals surface area contributed by atoms with E-state index in [0.29, 0.717) is 30.2 Å². The van der Waals surface area contributed by atoms with Crippen molar-refractivity contribution in [3.8, 4) is 0 Å². The molecule has 3 heterocycles. The first-order valence-corrected chi connectivity index (χ1v) is 8.17. The number of carbonyl (C=O) groups excluding carboxylic acids is 1. The number of hydrogen-bond acceptors (Lipinski definition) is 8. The second-order valence-corrected chi connectivity index (χ2v) is 6.33. The zero-order chi connectivity index (χ0) is 17.1.